The molecule has 0 saturated carbocycles. The van der Waals surface area contributed by atoms with Crippen LogP contribution in [0.1, 0.15) is 23.0 Å². The Balaban J connectivity index is 2.20. The Bertz CT molecular complexity index is 727. The summed E-state index contributed by atoms with van der Waals surface area (Å²) in [7, 11) is 0. The molecule has 0 atom stereocenters. The standard InChI is InChI=1S/C17H16N2O4/c1-2-23-17(22)19-15-11-13(20)8-6-12(15)7-9-16(21)14-5-3-4-10-18-14/h3-11,20H,2H2,1H3,(H,19,22). The number of allylic oxidation sites excluding steroid dienone is 1. The fourth-order valence-corrected chi connectivity index (χ4v) is 1.83. The van der Waals surface area contributed by atoms with Crippen molar-refractivity contribution in [2.75, 3.05) is 11.9 Å². The quantitative estimate of drug-likeness (QED) is 0.653. The van der Waals surface area contributed by atoms with Gasteiger partial charge in [-0.1, -0.05) is 6.07 Å². The van der Waals surface area contributed by atoms with Gasteiger partial charge in [-0.05, 0) is 48.9 Å². The van der Waals surface area contributed by atoms with Gasteiger partial charge in [0.05, 0.1) is 12.3 Å². The average molecular weight is 312 g/mol. The number of amides is 1. The maximum atomic E-state index is 12.0. The van der Waals surface area contributed by atoms with Gasteiger partial charge in [0.1, 0.15) is 11.4 Å². The third kappa shape index (κ3) is 4.67. The monoisotopic (exact) mass is 312 g/mol. The van der Waals surface area contributed by atoms with Gasteiger partial charge in [-0.3, -0.25) is 15.1 Å². The first-order chi connectivity index (χ1) is 11.1. The minimum atomic E-state index is -0.635. The number of phenolic OH excluding ortho intramolecular Hbond substituents is 1. The van der Waals surface area contributed by atoms with E-state index in [4.69, 9.17) is 4.74 Å². The van der Waals surface area contributed by atoms with Crippen molar-refractivity contribution in [1.82, 2.24) is 4.98 Å². The van der Waals surface area contributed by atoms with Crippen molar-refractivity contribution in [2.45, 2.75) is 6.92 Å². The predicted molar refractivity (Wildman–Crippen MR) is 86.4 cm³/mol. The number of nitrogens with one attached hydrogen (secondary N) is 1. The van der Waals surface area contributed by atoms with E-state index in [1.165, 1.54) is 30.5 Å². The van der Waals surface area contributed by atoms with Crippen molar-refractivity contribution < 1.29 is 19.4 Å². The average Bonchev–Trinajstić information content (AvgIpc) is 2.55. The van der Waals surface area contributed by atoms with Crippen LogP contribution < -0.4 is 5.32 Å². The number of anilines is 1. The summed E-state index contributed by atoms with van der Waals surface area (Å²) >= 11 is 0. The molecular formula is C17H16N2O4. The third-order valence-corrected chi connectivity index (χ3v) is 2.88. The summed E-state index contributed by atoms with van der Waals surface area (Å²) in [5, 5.41) is 12.1. The number of pyridine rings is 1. The summed E-state index contributed by atoms with van der Waals surface area (Å²) in [6.45, 7) is 1.92. The molecule has 0 aliphatic rings. The minimum Gasteiger partial charge on any atom is -0.508 e. The van der Waals surface area contributed by atoms with Crippen molar-refractivity contribution in [3.63, 3.8) is 0 Å². The zero-order valence-corrected chi connectivity index (χ0v) is 12.5. The highest BCUT2D eigenvalue weighted by molar-refractivity contribution is 6.06. The molecule has 0 aliphatic heterocycles. The van der Waals surface area contributed by atoms with Gasteiger partial charge in [-0.2, -0.15) is 0 Å². The first kappa shape index (κ1) is 16.2. The van der Waals surface area contributed by atoms with Gasteiger partial charge in [-0.15, -0.1) is 0 Å². The van der Waals surface area contributed by atoms with Crippen molar-refractivity contribution in [1.29, 1.82) is 0 Å². The molecule has 23 heavy (non-hydrogen) atoms. The second-order valence-electron chi connectivity index (χ2n) is 4.53. The van der Waals surface area contributed by atoms with Crippen LogP contribution in [0.5, 0.6) is 5.75 Å². The van der Waals surface area contributed by atoms with Gasteiger partial charge in [0.15, 0.2) is 0 Å². The van der Waals surface area contributed by atoms with Crippen molar-refractivity contribution >= 4 is 23.6 Å². The molecule has 0 radical (unpaired) electrons. The van der Waals surface area contributed by atoms with E-state index in [2.05, 4.69) is 10.3 Å². The van der Waals surface area contributed by atoms with Gasteiger partial charge in [0.2, 0.25) is 5.78 Å². The summed E-state index contributed by atoms with van der Waals surface area (Å²) in [4.78, 5) is 27.5. The molecule has 2 aromatic rings. The van der Waals surface area contributed by atoms with E-state index >= 15 is 0 Å². The summed E-state index contributed by atoms with van der Waals surface area (Å²) < 4.78 is 4.80. The lowest BCUT2D eigenvalue weighted by Gasteiger charge is -2.09. The maximum Gasteiger partial charge on any atom is 0.411 e. The molecular weight excluding hydrogens is 296 g/mol. The van der Waals surface area contributed by atoms with Crippen LogP contribution in [0.2, 0.25) is 0 Å². The van der Waals surface area contributed by atoms with E-state index in [9.17, 15) is 14.7 Å². The summed E-state index contributed by atoms with van der Waals surface area (Å²) in [5.41, 5.74) is 1.22. The van der Waals surface area contributed by atoms with E-state index in [0.29, 0.717) is 16.9 Å². The number of phenols is 1. The van der Waals surface area contributed by atoms with Crippen LogP contribution in [0.15, 0.2) is 48.7 Å². The highest BCUT2D eigenvalue weighted by Gasteiger charge is 2.08. The Morgan fingerprint density at radius 3 is 2.83 bits per heavy atom. The molecule has 0 spiro atoms. The van der Waals surface area contributed by atoms with Gasteiger partial charge in [0.25, 0.3) is 0 Å². The van der Waals surface area contributed by atoms with Gasteiger partial charge >= 0.3 is 6.09 Å². The molecule has 0 saturated heterocycles. The molecule has 1 aromatic carbocycles. The Hall–Kier alpha value is -3.15. The number of aromatic nitrogens is 1. The van der Waals surface area contributed by atoms with Crippen molar-refractivity contribution in [2.24, 2.45) is 0 Å². The second-order valence-corrected chi connectivity index (χ2v) is 4.53. The van der Waals surface area contributed by atoms with Crippen molar-refractivity contribution in [3.8, 4) is 5.75 Å². The highest BCUT2D eigenvalue weighted by atomic mass is 16.5. The van der Waals surface area contributed by atoms with E-state index in [-0.39, 0.29) is 18.1 Å². The first-order valence-corrected chi connectivity index (χ1v) is 7.00. The fourth-order valence-electron chi connectivity index (χ4n) is 1.83. The largest absolute Gasteiger partial charge is 0.508 e. The molecule has 1 amide bonds. The van der Waals surface area contributed by atoms with Crippen LogP contribution in [0.25, 0.3) is 6.08 Å². The highest BCUT2D eigenvalue weighted by Crippen LogP contribution is 2.23. The summed E-state index contributed by atoms with van der Waals surface area (Å²) in [6, 6.07) is 9.48. The third-order valence-electron chi connectivity index (χ3n) is 2.88. The van der Waals surface area contributed by atoms with Gasteiger partial charge < -0.3 is 9.84 Å². The number of hydrogen-bond acceptors (Lipinski definition) is 5. The van der Waals surface area contributed by atoms with Gasteiger partial charge in [0, 0.05) is 12.3 Å². The molecule has 1 aromatic heterocycles. The van der Waals surface area contributed by atoms with Gasteiger partial charge in [-0.25, -0.2) is 4.79 Å². The fraction of sp³-hybridized carbons (Fsp3) is 0.118. The van der Waals surface area contributed by atoms with Crippen LogP contribution in [-0.4, -0.2) is 28.6 Å². The zero-order valence-electron chi connectivity index (χ0n) is 12.5. The lowest BCUT2D eigenvalue weighted by molar-refractivity contribution is 0.104. The molecule has 0 bridgehead atoms. The van der Waals surface area contributed by atoms with E-state index in [0.717, 1.165) is 0 Å². The molecule has 6 nitrogen and oxygen atoms in total. The number of hydrogen-bond donors (Lipinski definition) is 2. The number of rotatable bonds is 5. The minimum absolute atomic E-state index is 0.00926. The molecule has 2 N–H and O–H groups in total. The van der Waals surface area contributed by atoms with E-state index in [1.54, 1.807) is 31.2 Å². The molecule has 6 heteroatoms. The number of nitrogens with zero attached hydrogens (tertiary/aromatic N) is 1. The first-order valence-electron chi connectivity index (χ1n) is 7.00. The lowest BCUT2D eigenvalue weighted by atomic mass is 10.1. The Morgan fingerprint density at radius 2 is 2.13 bits per heavy atom. The Labute approximate surface area is 133 Å². The number of aromatic hydroxyl groups is 1. The number of carbonyl (C=O) groups is 2. The van der Waals surface area contributed by atoms with E-state index in [1.807, 2.05) is 0 Å². The Morgan fingerprint density at radius 1 is 1.30 bits per heavy atom. The van der Waals surface area contributed by atoms with Crippen LogP contribution in [-0.2, 0) is 4.74 Å². The SMILES string of the molecule is CCOC(=O)Nc1cc(O)ccc1C=CC(=O)c1ccccn1. The molecule has 0 unspecified atom stereocenters. The lowest BCUT2D eigenvalue weighted by Crippen LogP contribution is -2.14. The summed E-state index contributed by atoms with van der Waals surface area (Å²) in [5.74, 6) is -0.272. The number of ketones is 1. The van der Waals surface area contributed by atoms with Crippen molar-refractivity contribution in [3.05, 3.63) is 59.9 Å². The topological polar surface area (TPSA) is 88.5 Å². The predicted octanol–water partition coefficient (Wildman–Crippen LogP) is 3.25. The van der Waals surface area contributed by atoms with E-state index < -0.39 is 6.09 Å². The van der Waals surface area contributed by atoms with Crippen LogP contribution in [0, 0.1) is 0 Å². The smallest absolute Gasteiger partial charge is 0.411 e. The molecule has 2 rings (SSSR count). The molecule has 118 valence electrons. The summed E-state index contributed by atoms with van der Waals surface area (Å²) in [6.07, 6.45) is 3.79. The van der Waals surface area contributed by atoms with Crippen LogP contribution in [0.3, 0.4) is 0 Å². The number of benzene rings is 1. The second kappa shape index (κ2) is 7.74. The molecule has 0 fully saturated rings. The van der Waals surface area contributed by atoms with Crippen LogP contribution in [0.4, 0.5) is 10.5 Å². The van der Waals surface area contributed by atoms with Crippen LogP contribution >= 0.6 is 0 Å². The number of ether oxygens (including phenoxy) is 1. The normalized spacial score (nSPS) is 10.5. The Kier molecular flexibility index (Phi) is 5.46. The zero-order chi connectivity index (χ0) is 16.7. The number of carbonyl (C=O) groups excluding carboxylic acids is 2. The maximum absolute atomic E-state index is 12.0. The molecule has 1 heterocycles. The molecule has 0 aliphatic carbocycles.